The van der Waals surface area contributed by atoms with Gasteiger partial charge in [-0.05, 0) is 12.1 Å². The van der Waals surface area contributed by atoms with Crippen LogP contribution in [-0.4, -0.2) is 17.7 Å². The van der Waals surface area contributed by atoms with E-state index in [-0.39, 0.29) is 11.4 Å². The van der Waals surface area contributed by atoms with Gasteiger partial charge in [-0.25, -0.2) is 4.98 Å². The topological polar surface area (TPSA) is 50.9 Å². The van der Waals surface area contributed by atoms with Crippen LogP contribution in [0.1, 0.15) is 0 Å². The van der Waals surface area contributed by atoms with Crippen molar-refractivity contribution in [2.75, 3.05) is 17.6 Å². The maximum atomic E-state index is 12.0. The molecule has 0 radical (unpaired) electrons. The minimum atomic E-state index is -4.26. The molecule has 0 amide bonds. The molecule has 86 valence electrons. The van der Waals surface area contributed by atoms with Crippen LogP contribution in [0.4, 0.5) is 24.5 Å². The molecule has 1 aromatic carbocycles. The Morgan fingerprint density at radius 1 is 1.38 bits per heavy atom. The van der Waals surface area contributed by atoms with Crippen LogP contribution in [0.5, 0.6) is 0 Å². The smallest absolute Gasteiger partial charge is 0.395 e. The number of fused-ring (bicyclic) bond motifs is 1. The van der Waals surface area contributed by atoms with Crippen LogP contribution < -0.4 is 11.1 Å². The van der Waals surface area contributed by atoms with Crippen molar-refractivity contribution in [1.82, 2.24) is 4.98 Å². The fraction of sp³-hybridized carbons (Fsp3) is 0.222. The minimum Gasteiger partial charge on any atom is -0.395 e. The van der Waals surface area contributed by atoms with Gasteiger partial charge in [-0.1, -0.05) is 0 Å². The van der Waals surface area contributed by atoms with Gasteiger partial charge in [0.15, 0.2) is 0 Å². The second-order valence-electron chi connectivity index (χ2n) is 3.19. The van der Waals surface area contributed by atoms with E-state index in [0.29, 0.717) is 5.52 Å². The molecule has 0 bridgehead atoms. The van der Waals surface area contributed by atoms with Gasteiger partial charge in [0.1, 0.15) is 12.1 Å². The van der Waals surface area contributed by atoms with Crippen molar-refractivity contribution in [3.05, 3.63) is 17.6 Å². The largest absolute Gasteiger partial charge is 0.405 e. The van der Waals surface area contributed by atoms with Crippen molar-refractivity contribution in [3.8, 4) is 0 Å². The Hall–Kier alpha value is -1.50. The molecule has 0 atom stereocenters. The van der Waals surface area contributed by atoms with Crippen molar-refractivity contribution in [2.45, 2.75) is 6.18 Å². The molecule has 0 spiro atoms. The maximum Gasteiger partial charge on any atom is 0.405 e. The van der Waals surface area contributed by atoms with Crippen LogP contribution in [0.3, 0.4) is 0 Å². The maximum absolute atomic E-state index is 12.0. The lowest BCUT2D eigenvalue weighted by Gasteiger charge is -2.11. The number of anilines is 2. The van der Waals surface area contributed by atoms with Crippen LogP contribution in [0.15, 0.2) is 17.6 Å². The van der Waals surface area contributed by atoms with Gasteiger partial charge < -0.3 is 11.1 Å². The standard InChI is InChI=1S/C9H8F3N3S/c10-9(11,12)3-14-5-1-2-6-8(7(5)13)15-4-16-6/h1-2,4,14H,3,13H2. The number of nitrogens with one attached hydrogen (secondary N) is 1. The lowest BCUT2D eigenvalue weighted by atomic mass is 10.2. The zero-order valence-electron chi connectivity index (χ0n) is 8.01. The summed E-state index contributed by atoms with van der Waals surface area (Å²) in [5, 5.41) is 2.25. The number of rotatable bonds is 2. The quantitative estimate of drug-likeness (QED) is 0.802. The molecular formula is C9H8F3N3S. The van der Waals surface area contributed by atoms with Crippen LogP contribution >= 0.6 is 11.3 Å². The van der Waals surface area contributed by atoms with E-state index in [0.717, 1.165) is 4.70 Å². The first-order chi connectivity index (χ1) is 7.47. The normalized spacial score (nSPS) is 11.9. The molecule has 7 heteroatoms. The fourth-order valence-corrected chi connectivity index (χ4v) is 1.99. The number of nitrogens with zero attached hydrogens (tertiary/aromatic N) is 1. The number of halogens is 3. The number of alkyl halides is 3. The van der Waals surface area contributed by atoms with Gasteiger partial charge >= 0.3 is 6.18 Å². The number of nitrogens with two attached hydrogens (primary N) is 1. The first-order valence-electron chi connectivity index (χ1n) is 4.40. The van der Waals surface area contributed by atoms with Gasteiger partial charge in [0.25, 0.3) is 0 Å². The zero-order valence-corrected chi connectivity index (χ0v) is 8.82. The van der Waals surface area contributed by atoms with E-state index in [9.17, 15) is 13.2 Å². The molecule has 0 aliphatic heterocycles. The van der Waals surface area contributed by atoms with Crippen LogP contribution in [-0.2, 0) is 0 Å². The second-order valence-corrected chi connectivity index (χ2v) is 4.08. The number of thiazole rings is 1. The van der Waals surface area contributed by atoms with E-state index in [2.05, 4.69) is 10.3 Å². The van der Waals surface area contributed by atoms with Crippen molar-refractivity contribution < 1.29 is 13.2 Å². The summed E-state index contributed by atoms with van der Waals surface area (Å²) >= 11 is 1.39. The average molecular weight is 247 g/mol. The monoisotopic (exact) mass is 247 g/mol. The van der Waals surface area contributed by atoms with E-state index in [1.165, 1.54) is 17.4 Å². The molecular weight excluding hydrogens is 239 g/mol. The van der Waals surface area contributed by atoms with Gasteiger partial charge in [0, 0.05) is 0 Å². The van der Waals surface area contributed by atoms with E-state index in [4.69, 9.17) is 5.73 Å². The Morgan fingerprint density at radius 3 is 2.81 bits per heavy atom. The van der Waals surface area contributed by atoms with E-state index in [1.807, 2.05) is 0 Å². The van der Waals surface area contributed by atoms with Crippen molar-refractivity contribution in [2.24, 2.45) is 0 Å². The molecule has 0 saturated heterocycles. The lowest BCUT2D eigenvalue weighted by molar-refractivity contribution is -0.115. The van der Waals surface area contributed by atoms with Crippen molar-refractivity contribution in [1.29, 1.82) is 0 Å². The number of hydrogen-bond acceptors (Lipinski definition) is 4. The molecule has 0 aliphatic carbocycles. The summed E-state index contributed by atoms with van der Waals surface area (Å²) in [6.45, 7) is -1.10. The highest BCUT2D eigenvalue weighted by molar-refractivity contribution is 7.16. The van der Waals surface area contributed by atoms with Gasteiger partial charge in [-0.15, -0.1) is 11.3 Å². The summed E-state index contributed by atoms with van der Waals surface area (Å²) in [5.41, 5.74) is 8.36. The number of benzene rings is 1. The third-order valence-corrected chi connectivity index (χ3v) is 2.82. The van der Waals surface area contributed by atoms with Gasteiger partial charge in [-0.3, -0.25) is 0 Å². The molecule has 0 fully saturated rings. The molecule has 3 nitrogen and oxygen atoms in total. The Kier molecular flexibility index (Phi) is 2.63. The molecule has 0 saturated carbocycles. The average Bonchev–Trinajstić information content (AvgIpc) is 2.64. The summed E-state index contributed by atoms with van der Waals surface area (Å²) < 4.78 is 36.9. The molecule has 1 heterocycles. The third-order valence-electron chi connectivity index (χ3n) is 2.02. The Morgan fingerprint density at radius 2 is 2.12 bits per heavy atom. The third kappa shape index (κ3) is 2.19. The van der Waals surface area contributed by atoms with Gasteiger partial charge in [0.2, 0.25) is 0 Å². The number of aromatic nitrogens is 1. The van der Waals surface area contributed by atoms with E-state index < -0.39 is 12.7 Å². The van der Waals surface area contributed by atoms with Crippen LogP contribution in [0.25, 0.3) is 10.2 Å². The number of hydrogen-bond donors (Lipinski definition) is 2. The van der Waals surface area contributed by atoms with Gasteiger partial charge in [0.05, 0.1) is 21.6 Å². The summed E-state index contributed by atoms with van der Waals surface area (Å²) in [4.78, 5) is 4.00. The van der Waals surface area contributed by atoms with Crippen LogP contribution in [0, 0.1) is 0 Å². The first kappa shape index (κ1) is 11.0. The Labute approximate surface area is 93.1 Å². The highest BCUT2D eigenvalue weighted by Gasteiger charge is 2.27. The highest BCUT2D eigenvalue weighted by atomic mass is 32.1. The zero-order chi connectivity index (χ0) is 11.8. The molecule has 3 N–H and O–H groups in total. The molecule has 1 aromatic heterocycles. The molecule has 2 aromatic rings. The Balaban J connectivity index is 2.28. The summed E-state index contributed by atoms with van der Waals surface area (Å²) in [6, 6.07) is 3.23. The van der Waals surface area contributed by atoms with Crippen molar-refractivity contribution in [3.63, 3.8) is 0 Å². The molecule has 2 rings (SSSR count). The van der Waals surface area contributed by atoms with E-state index in [1.54, 1.807) is 11.6 Å². The molecule has 0 unspecified atom stereocenters. The highest BCUT2D eigenvalue weighted by Crippen LogP contribution is 2.30. The fourth-order valence-electron chi connectivity index (χ4n) is 1.30. The predicted molar refractivity (Wildman–Crippen MR) is 58.6 cm³/mol. The summed E-state index contributed by atoms with van der Waals surface area (Å²) in [5.74, 6) is 0. The summed E-state index contributed by atoms with van der Waals surface area (Å²) in [7, 11) is 0. The van der Waals surface area contributed by atoms with Crippen LogP contribution in [0.2, 0.25) is 0 Å². The second kappa shape index (κ2) is 3.82. The summed E-state index contributed by atoms with van der Waals surface area (Å²) in [6.07, 6.45) is -4.26. The lowest BCUT2D eigenvalue weighted by Crippen LogP contribution is -2.21. The predicted octanol–water partition coefficient (Wildman–Crippen LogP) is 2.85. The Bertz CT molecular complexity index is 506. The molecule has 0 aliphatic rings. The number of nitrogen functional groups attached to an aromatic ring is 1. The minimum absolute atomic E-state index is 0.253. The van der Waals surface area contributed by atoms with Crippen molar-refractivity contribution >= 4 is 32.9 Å². The van der Waals surface area contributed by atoms with Gasteiger partial charge in [-0.2, -0.15) is 13.2 Å². The van der Waals surface area contributed by atoms with E-state index >= 15 is 0 Å². The SMILES string of the molecule is Nc1c(NCC(F)(F)F)ccc2scnc12. The first-order valence-corrected chi connectivity index (χ1v) is 5.27. The molecule has 16 heavy (non-hydrogen) atoms.